The van der Waals surface area contributed by atoms with Gasteiger partial charge >= 0.3 is 12.3 Å². The molecule has 8 nitrogen and oxygen atoms in total. The number of aldehydes is 1. The second kappa shape index (κ2) is 8.90. The zero-order chi connectivity index (χ0) is 20.1. The number of aromatic nitrogens is 2. The molecule has 1 aromatic carbocycles. The van der Waals surface area contributed by atoms with Crippen molar-refractivity contribution in [1.82, 2.24) is 9.78 Å². The Balaban J connectivity index is 1.91. The summed E-state index contributed by atoms with van der Waals surface area (Å²) in [5.74, 6) is 0.138. The molecule has 9 heteroatoms. The molecule has 0 amide bonds. The lowest BCUT2D eigenvalue weighted by Crippen LogP contribution is -2.22. The van der Waals surface area contributed by atoms with Crippen LogP contribution in [0.5, 0.6) is 0 Å². The molecule has 3 rings (SSSR count). The van der Waals surface area contributed by atoms with E-state index in [0.717, 1.165) is 16.8 Å². The van der Waals surface area contributed by atoms with Crippen LogP contribution in [0.3, 0.4) is 0 Å². The van der Waals surface area contributed by atoms with Crippen LogP contribution in [0.25, 0.3) is 11.3 Å². The molecule has 0 radical (unpaired) electrons. The number of carbonyl (C=O) groups excluding carboxylic acids is 2. The third-order valence-corrected chi connectivity index (χ3v) is 4.33. The Labute approximate surface area is 166 Å². The molecule has 1 unspecified atom stereocenters. The van der Waals surface area contributed by atoms with Gasteiger partial charge in [-0.2, -0.15) is 5.10 Å². The predicted molar refractivity (Wildman–Crippen MR) is 99.0 cm³/mol. The van der Waals surface area contributed by atoms with Gasteiger partial charge < -0.3 is 18.5 Å². The predicted octanol–water partition coefficient (Wildman–Crippen LogP) is 3.20. The Morgan fingerprint density at radius 1 is 1.36 bits per heavy atom. The summed E-state index contributed by atoms with van der Waals surface area (Å²) < 4.78 is 22.1. The molecule has 1 aliphatic heterocycles. The number of benzene rings is 1. The molecule has 1 atom stereocenters. The van der Waals surface area contributed by atoms with Gasteiger partial charge in [-0.15, -0.1) is 0 Å². The number of hydrogen-bond acceptors (Lipinski definition) is 7. The van der Waals surface area contributed by atoms with Crippen molar-refractivity contribution >= 4 is 24.1 Å². The molecule has 0 N–H and O–H groups in total. The van der Waals surface area contributed by atoms with Gasteiger partial charge in [0.05, 0.1) is 5.69 Å². The van der Waals surface area contributed by atoms with Crippen molar-refractivity contribution in [2.75, 3.05) is 6.61 Å². The van der Waals surface area contributed by atoms with E-state index >= 15 is 0 Å². The highest BCUT2D eigenvalue weighted by Gasteiger charge is 2.33. The smallest absolute Gasteiger partial charge is 0.407 e. The summed E-state index contributed by atoms with van der Waals surface area (Å²) in [4.78, 5) is 22.7. The lowest BCUT2D eigenvalue weighted by Gasteiger charge is -2.13. The van der Waals surface area contributed by atoms with Crippen LogP contribution in [0.15, 0.2) is 41.9 Å². The Morgan fingerprint density at radius 2 is 2.14 bits per heavy atom. The van der Waals surface area contributed by atoms with Crippen LogP contribution < -0.4 is 0 Å². The Bertz CT molecular complexity index is 908. The van der Waals surface area contributed by atoms with Crippen LogP contribution in [0.4, 0.5) is 0 Å². The van der Waals surface area contributed by atoms with Gasteiger partial charge in [-0.25, -0.2) is 9.48 Å². The van der Waals surface area contributed by atoms with Crippen LogP contribution >= 0.6 is 11.9 Å². The minimum absolute atomic E-state index is 0.221. The summed E-state index contributed by atoms with van der Waals surface area (Å²) in [6.45, 7) is 4.32. The monoisotopic (exact) mass is 406 g/mol. The van der Waals surface area contributed by atoms with Gasteiger partial charge in [0.15, 0.2) is 6.29 Å². The summed E-state index contributed by atoms with van der Waals surface area (Å²) >= 11 is 5.09. The minimum Gasteiger partial charge on any atom is -0.446 e. The molecular formula is C19H19ClN2O6. The lowest BCUT2D eigenvalue weighted by atomic mass is 10.0. The maximum Gasteiger partial charge on any atom is 0.407 e. The molecule has 0 saturated carbocycles. The number of hydrogen-bond donors (Lipinski definition) is 0. The van der Waals surface area contributed by atoms with E-state index < -0.39 is 12.3 Å². The zero-order valence-electron chi connectivity index (χ0n) is 15.4. The van der Waals surface area contributed by atoms with Crippen LogP contribution in [0, 0.1) is 0 Å². The van der Waals surface area contributed by atoms with Crippen molar-refractivity contribution < 1.29 is 28.1 Å². The van der Waals surface area contributed by atoms with Crippen molar-refractivity contribution in [3.63, 3.8) is 0 Å². The molecule has 0 fully saturated rings. The fourth-order valence-corrected chi connectivity index (χ4v) is 2.92. The van der Waals surface area contributed by atoms with E-state index in [4.69, 9.17) is 26.1 Å². The van der Waals surface area contributed by atoms with E-state index in [1.807, 2.05) is 31.2 Å². The molecule has 0 saturated heterocycles. The van der Waals surface area contributed by atoms with Gasteiger partial charge in [-0.3, -0.25) is 4.79 Å². The van der Waals surface area contributed by atoms with Crippen LogP contribution in [0.1, 0.15) is 29.9 Å². The Hall–Kier alpha value is -2.84. The van der Waals surface area contributed by atoms with Crippen LogP contribution in [0.2, 0.25) is 0 Å². The van der Waals surface area contributed by atoms with Gasteiger partial charge in [-0.1, -0.05) is 24.3 Å². The molecule has 148 valence electrons. The average Bonchev–Trinajstić information content (AvgIpc) is 3.29. The Kier molecular flexibility index (Phi) is 6.33. The number of halogens is 1. The number of nitrogens with zero attached hydrogens (tertiary/aromatic N) is 2. The van der Waals surface area contributed by atoms with Crippen LogP contribution in [-0.4, -0.2) is 34.9 Å². The highest BCUT2D eigenvalue weighted by Crippen LogP contribution is 2.31. The zero-order valence-corrected chi connectivity index (χ0v) is 16.1. The number of ether oxygens (including phenoxy) is 3. The fourth-order valence-electron chi connectivity index (χ4n) is 2.85. The molecule has 28 heavy (non-hydrogen) atoms. The molecule has 0 spiro atoms. The number of allylic oxidation sites excluding steroid dienone is 2. The molecular weight excluding hydrogens is 388 g/mol. The van der Waals surface area contributed by atoms with E-state index in [0.29, 0.717) is 36.5 Å². The molecule has 1 aromatic heterocycles. The fraction of sp³-hybridized carbons (Fsp3) is 0.316. The van der Waals surface area contributed by atoms with Crippen LogP contribution in [-0.2, 0) is 36.4 Å². The normalized spacial score (nSPS) is 15.9. The first-order valence-electron chi connectivity index (χ1n) is 8.61. The van der Waals surface area contributed by atoms with Gasteiger partial charge in [-0.05, 0) is 25.5 Å². The van der Waals surface area contributed by atoms with Gasteiger partial charge in [0.2, 0.25) is 0 Å². The maximum atomic E-state index is 11.5. The Morgan fingerprint density at radius 3 is 2.86 bits per heavy atom. The summed E-state index contributed by atoms with van der Waals surface area (Å²) in [6, 6.07) is 9.31. The average molecular weight is 407 g/mol. The van der Waals surface area contributed by atoms with Crippen molar-refractivity contribution in [3.8, 4) is 11.3 Å². The summed E-state index contributed by atoms with van der Waals surface area (Å²) in [6.07, 6.45) is -0.160. The highest BCUT2D eigenvalue weighted by atomic mass is 35.5. The first-order valence-corrected chi connectivity index (χ1v) is 8.92. The largest absolute Gasteiger partial charge is 0.446 e. The van der Waals surface area contributed by atoms with Crippen molar-refractivity contribution in [1.29, 1.82) is 0 Å². The highest BCUT2D eigenvalue weighted by molar-refractivity contribution is 6.13. The van der Waals surface area contributed by atoms with E-state index in [1.54, 1.807) is 17.7 Å². The van der Waals surface area contributed by atoms with Gasteiger partial charge in [0, 0.05) is 18.6 Å². The van der Waals surface area contributed by atoms with E-state index in [2.05, 4.69) is 9.39 Å². The van der Waals surface area contributed by atoms with E-state index in [1.165, 1.54) is 0 Å². The van der Waals surface area contributed by atoms with Gasteiger partial charge in [0.1, 0.15) is 35.8 Å². The standard InChI is InChI=1S/C19H19ClN2O6/c1-3-25-11-22-16(9-14(10-23)21-22)15-7-5-4-6-13(15)8-17-12(2)26-19(27-17)18(24)28-20/h4-7,9-10,19H,3,8,11H2,1-2H3. The topological polar surface area (TPSA) is 88.9 Å². The van der Waals surface area contributed by atoms with Crippen molar-refractivity contribution in [2.24, 2.45) is 0 Å². The SMILES string of the molecule is CCOCn1nc(C=O)cc1-c1ccccc1CC1=C(C)OC(C(=O)OCl)O1. The maximum absolute atomic E-state index is 11.5. The molecule has 2 aromatic rings. The minimum atomic E-state index is -1.22. The molecule has 0 aliphatic carbocycles. The first-order chi connectivity index (χ1) is 13.6. The second-order valence-electron chi connectivity index (χ2n) is 5.97. The molecule has 2 heterocycles. The third-order valence-electron chi connectivity index (χ3n) is 4.18. The summed E-state index contributed by atoms with van der Waals surface area (Å²) in [5.41, 5.74) is 2.80. The summed E-state index contributed by atoms with van der Waals surface area (Å²) in [7, 11) is 0. The third kappa shape index (κ3) is 4.18. The van der Waals surface area contributed by atoms with Crippen molar-refractivity contribution in [2.45, 2.75) is 33.3 Å². The lowest BCUT2D eigenvalue weighted by molar-refractivity contribution is -0.161. The van der Waals surface area contributed by atoms with E-state index in [9.17, 15) is 9.59 Å². The van der Waals surface area contributed by atoms with Crippen molar-refractivity contribution in [3.05, 3.63) is 53.1 Å². The number of carbonyl (C=O) groups is 2. The van der Waals surface area contributed by atoms with E-state index in [-0.39, 0.29) is 6.73 Å². The molecule has 1 aliphatic rings. The quantitative estimate of drug-likeness (QED) is 0.622. The van der Waals surface area contributed by atoms with Gasteiger partial charge in [0.25, 0.3) is 0 Å². The molecule has 0 bridgehead atoms. The first kappa shape index (κ1) is 19.9. The summed E-state index contributed by atoms with van der Waals surface area (Å²) in [5, 5.41) is 4.26. The number of rotatable bonds is 8. The second-order valence-corrected chi connectivity index (χ2v) is 6.13.